The van der Waals surface area contributed by atoms with Crippen LogP contribution in [0.2, 0.25) is 0 Å². The summed E-state index contributed by atoms with van der Waals surface area (Å²) in [6, 6.07) is 13.2. The number of rotatable bonds is 4. The van der Waals surface area contributed by atoms with Crippen LogP contribution in [0.4, 0.5) is 0 Å². The van der Waals surface area contributed by atoms with E-state index in [-0.39, 0.29) is 17.7 Å². The van der Waals surface area contributed by atoms with Crippen molar-refractivity contribution in [3.63, 3.8) is 0 Å². The van der Waals surface area contributed by atoms with E-state index >= 15 is 0 Å². The summed E-state index contributed by atoms with van der Waals surface area (Å²) in [5, 5.41) is 16.5. The highest BCUT2D eigenvalue weighted by Crippen LogP contribution is 2.38. The minimum absolute atomic E-state index is 0.0381. The monoisotopic (exact) mass is 338 g/mol. The number of hydrogen-bond acceptors (Lipinski definition) is 4. The highest BCUT2D eigenvalue weighted by Gasteiger charge is 2.33. The Kier molecular flexibility index (Phi) is 4.74. The number of hydrazone groups is 1. The maximum atomic E-state index is 12.4. The first kappa shape index (κ1) is 17.0. The summed E-state index contributed by atoms with van der Waals surface area (Å²) in [7, 11) is 1.51. The third-order valence-corrected chi connectivity index (χ3v) is 4.43. The molecule has 0 bridgehead atoms. The van der Waals surface area contributed by atoms with E-state index < -0.39 is 0 Å². The summed E-state index contributed by atoms with van der Waals surface area (Å²) in [5.74, 6) is 0.411. The minimum Gasteiger partial charge on any atom is -0.504 e. The van der Waals surface area contributed by atoms with Gasteiger partial charge in [-0.3, -0.25) is 4.79 Å². The fraction of sp³-hybridized carbons (Fsp3) is 0.300. The van der Waals surface area contributed by atoms with E-state index in [2.05, 4.69) is 11.2 Å². The first-order chi connectivity index (χ1) is 12.0. The number of ether oxygens (including phenoxy) is 1. The lowest BCUT2D eigenvalue weighted by atomic mass is 9.96. The van der Waals surface area contributed by atoms with Crippen LogP contribution in [0.5, 0.6) is 11.5 Å². The second-order valence-electron chi connectivity index (χ2n) is 6.13. The Labute approximate surface area is 147 Å². The lowest BCUT2D eigenvalue weighted by molar-refractivity contribution is -0.132. The molecule has 0 fully saturated rings. The van der Waals surface area contributed by atoms with Gasteiger partial charge in [-0.25, -0.2) is 5.01 Å². The van der Waals surface area contributed by atoms with Gasteiger partial charge in [-0.05, 0) is 24.6 Å². The molecule has 0 radical (unpaired) electrons. The molecule has 1 heterocycles. The van der Waals surface area contributed by atoms with Crippen LogP contribution in [0.1, 0.15) is 42.5 Å². The number of nitrogens with zero attached hydrogens (tertiary/aromatic N) is 2. The van der Waals surface area contributed by atoms with E-state index in [0.717, 1.165) is 11.1 Å². The van der Waals surface area contributed by atoms with Gasteiger partial charge < -0.3 is 9.84 Å². The van der Waals surface area contributed by atoms with Crippen molar-refractivity contribution in [2.75, 3.05) is 7.11 Å². The molecule has 1 aliphatic heterocycles. The lowest BCUT2D eigenvalue weighted by Crippen LogP contribution is -2.26. The summed E-state index contributed by atoms with van der Waals surface area (Å²) in [6.07, 6.45) is 0.930. The zero-order valence-electron chi connectivity index (χ0n) is 14.7. The van der Waals surface area contributed by atoms with Crippen molar-refractivity contribution in [3.8, 4) is 11.5 Å². The molecule has 5 heteroatoms. The van der Waals surface area contributed by atoms with Gasteiger partial charge in [-0.2, -0.15) is 5.10 Å². The summed E-state index contributed by atoms with van der Waals surface area (Å²) in [6.45, 7) is 3.85. The Balaban J connectivity index is 2.01. The van der Waals surface area contributed by atoms with Gasteiger partial charge in [-0.15, -0.1) is 0 Å². The molecule has 0 aliphatic carbocycles. The second-order valence-corrected chi connectivity index (χ2v) is 6.13. The Morgan fingerprint density at radius 2 is 2.08 bits per heavy atom. The second kappa shape index (κ2) is 6.97. The Morgan fingerprint density at radius 1 is 1.32 bits per heavy atom. The maximum Gasteiger partial charge on any atom is 0.242 e. The molecule has 25 heavy (non-hydrogen) atoms. The van der Waals surface area contributed by atoms with Crippen LogP contribution < -0.4 is 4.74 Å². The Bertz CT molecular complexity index is 829. The highest BCUT2D eigenvalue weighted by atomic mass is 16.5. The number of phenols is 1. The summed E-state index contributed by atoms with van der Waals surface area (Å²) >= 11 is 0. The van der Waals surface area contributed by atoms with Crippen LogP contribution in [0.15, 0.2) is 47.6 Å². The predicted molar refractivity (Wildman–Crippen MR) is 96.9 cm³/mol. The highest BCUT2D eigenvalue weighted by molar-refractivity contribution is 6.05. The van der Waals surface area contributed by atoms with Gasteiger partial charge in [0, 0.05) is 18.4 Å². The zero-order valence-corrected chi connectivity index (χ0v) is 14.7. The summed E-state index contributed by atoms with van der Waals surface area (Å²) in [4.78, 5) is 12.4. The fourth-order valence-corrected chi connectivity index (χ4v) is 3.12. The maximum absolute atomic E-state index is 12.4. The average Bonchev–Trinajstić information content (AvgIpc) is 3.06. The van der Waals surface area contributed by atoms with Crippen LogP contribution in [0.25, 0.3) is 0 Å². The van der Waals surface area contributed by atoms with Crippen molar-refractivity contribution in [1.29, 1.82) is 0 Å². The largest absolute Gasteiger partial charge is 0.504 e. The molecule has 3 rings (SSSR count). The molecule has 2 aromatic carbocycles. The van der Waals surface area contributed by atoms with Crippen molar-refractivity contribution in [2.45, 2.75) is 32.7 Å². The van der Waals surface area contributed by atoms with Crippen molar-refractivity contribution in [3.05, 3.63) is 59.2 Å². The SMILES string of the molecule is CCC(=O)N1N=C(c2cccc(OC)c2O)CC1c1cccc(C)c1. The van der Waals surface area contributed by atoms with Gasteiger partial charge in [-0.1, -0.05) is 42.8 Å². The number of carbonyl (C=O) groups is 1. The first-order valence-electron chi connectivity index (χ1n) is 8.37. The number of para-hydroxylation sites is 1. The number of phenolic OH excluding ortho intramolecular Hbond substituents is 1. The molecule has 2 aromatic rings. The van der Waals surface area contributed by atoms with Gasteiger partial charge in [0.05, 0.1) is 18.9 Å². The molecule has 0 saturated carbocycles. The number of aromatic hydroxyl groups is 1. The molecular formula is C20H22N2O3. The predicted octanol–water partition coefficient (Wildman–Crippen LogP) is 3.80. The first-order valence-corrected chi connectivity index (χ1v) is 8.37. The van der Waals surface area contributed by atoms with Gasteiger partial charge in [0.1, 0.15) is 0 Å². The normalized spacial score (nSPS) is 16.7. The van der Waals surface area contributed by atoms with Gasteiger partial charge in [0.15, 0.2) is 11.5 Å². The van der Waals surface area contributed by atoms with Crippen LogP contribution in [0, 0.1) is 6.92 Å². The van der Waals surface area contributed by atoms with Gasteiger partial charge in [0.2, 0.25) is 5.91 Å². The van der Waals surface area contributed by atoms with Crippen LogP contribution in [0.3, 0.4) is 0 Å². The molecule has 0 saturated heterocycles. The van der Waals surface area contributed by atoms with E-state index in [1.165, 1.54) is 7.11 Å². The molecule has 5 nitrogen and oxygen atoms in total. The molecule has 1 amide bonds. The third kappa shape index (κ3) is 3.22. The van der Waals surface area contributed by atoms with Crippen LogP contribution in [-0.2, 0) is 4.79 Å². The topological polar surface area (TPSA) is 62.1 Å². The summed E-state index contributed by atoms with van der Waals surface area (Å²) in [5.41, 5.74) is 3.47. The van der Waals surface area contributed by atoms with Crippen LogP contribution >= 0.6 is 0 Å². The smallest absolute Gasteiger partial charge is 0.242 e. The lowest BCUT2D eigenvalue weighted by Gasteiger charge is -2.21. The quantitative estimate of drug-likeness (QED) is 0.922. The number of amides is 1. The van der Waals surface area contributed by atoms with E-state index in [0.29, 0.717) is 29.9 Å². The van der Waals surface area contributed by atoms with Gasteiger partial charge in [0.25, 0.3) is 0 Å². The van der Waals surface area contributed by atoms with E-state index in [4.69, 9.17) is 4.74 Å². The average molecular weight is 338 g/mol. The molecule has 0 aromatic heterocycles. The minimum atomic E-state index is -0.159. The standard InChI is InChI=1S/C20H22N2O3/c1-4-19(23)22-17(14-8-5-7-13(2)11-14)12-16(21-22)15-9-6-10-18(25-3)20(15)24/h5-11,17,24H,4,12H2,1-3H3. The molecule has 0 spiro atoms. The number of hydrogen-bond donors (Lipinski definition) is 1. The Hall–Kier alpha value is -2.82. The van der Waals surface area contributed by atoms with Crippen molar-refractivity contribution in [1.82, 2.24) is 5.01 Å². The third-order valence-electron chi connectivity index (χ3n) is 4.43. The number of methoxy groups -OCH3 is 1. The zero-order chi connectivity index (χ0) is 18.0. The van der Waals surface area contributed by atoms with Crippen molar-refractivity contribution in [2.24, 2.45) is 5.10 Å². The van der Waals surface area contributed by atoms with E-state index in [1.807, 2.05) is 38.1 Å². The van der Waals surface area contributed by atoms with Crippen molar-refractivity contribution >= 4 is 11.6 Å². The van der Waals surface area contributed by atoms with E-state index in [1.54, 1.807) is 17.1 Å². The number of aryl methyl sites for hydroxylation is 1. The summed E-state index contributed by atoms with van der Waals surface area (Å²) < 4.78 is 5.18. The van der Waals surface area contributed by atoms with Crippen molar-refractivity contribution < 1.29 is 14.6 Å². The molecular weight excluding hydrogens is 316 g/mol. The van der Waals surface area contributed by atoms with E-state index in [9.17, 15) is 9.90 Å². The molecule has 130 valence electrons. The Morgan fingerprint density at radius 3 is 2.76 bits per heavy atom. The molecule has 1 aliphatic rings. The van der Waals surface area contributed by atoms with Crippen LogP contribution in [-0.4, -0.2) is 28.8 Å². The molecule has 1 atom stereocenters. The number of benzene rings is 2. The molecule has 1 N–H and O–H groups in total. The number of carbonyl (C=O) groups excluding carboxylic acids is 1. The van der Waals surface area contributed by atoms with Gasteiger partial charge >= 0.3 is 0 Å². The molecule has 1 unspecified atom stereocenters. The fourth-order valence-electron chi connectivity index (χ4n) is 3.12.